The molecule has 0 aliphatic carbocycles. The van der Waals surface area contributed by atoms with Gasteiger partial charge in [-0.15, -0.1) is 10.2 Å². The molecule has 0 atom stereocenters. The van der Waals surface area contributed by atoms with Crippen molar-refractivity contribution in [3.63, 3.8) is 0 Å². The van der Waals surface area contributed by atoms with E-state index in [9.17, 15) is 4.79 Å². The maximum atomic E-state index is 12.5. The minimum Gasteiger partial charge on any atom is -0.419 e. The van der Waals surface area contributed by atoms with Gasteiger partial charge < -0.3 is 9.32 Å². The minimum atomic E-state index is -0.280. The van der Waals surface area contributed by atoms with E-state index in [0.717, 1.165) is 11.3 Å². The first-order valence-electron chi connectivity index (χ1n) is 8.68. The zero-order chi connectivity index (χ0) is 19.6. The molecule has 2 aromatic heterocycles. The Bertz CT molecular complexity index is 923. The lowest BCUT2D eigenvalue weighted by molar-refractivity contribution is 0.215. The van der Waals surface area contributed by atoms with E-state index in [4.69, 9.17) is 4.42 Å². The van der Waals surface area contributed by atoms with E-state index in [1.807, 2.05) is 36.4 Å². The number of urea groups is 1. The van der Waals surface area contributed by atoms with Gasteiger partial charge in [-0.25, -0.2) is 4.79 Å². The monoisotopic (exact) mass is 368 g/mol. The fourth-order valence-corrected chi connectivity index (χ4v) is 2.45. The Morgan fingerprint density at radius 3 is 2.56 bits per heavy atom. The number of aromatic nitrogens is 4. The number of aryl methyl sites for hydroxylation is 1. The van der Waals surface area contributed by atoms with Crippen LogP contribution in [-0.4, -0.2) is 38.0 Å². The van der Waals surface area contributed by atoms with Crippen molar-refractivity contribution >= 4 is 11.8 Å². The van der Waals surface area contributed by atoms with Crippen molar-refractivity contribution in [3.05, 3.63) is 48.0 Å². The molecule has 0 aliphatic rings. The third kappa shape index (κ3) is 4.33. The van der Waals surface area contributed by atoms with Crippen LogP contribution in [0.15, 0.2) is 40.8 Å². The first kappa shape index (κ1) is 18.6. The molecular weight excluding hydrogens is 344 g/mol. The van der Waals surface area contributed by atoms with Crippen molar-refractivity contribution < 1.29 is 9.21 Å². The molecule has 0 spiro atoms. The number of nitrogens with zero attached hydrogens (tertiary/aromatic N) is 5. The fraction of sp³-hybridized carbons (Fsp3) is 0.368. The summed E-state index contributed by atoms with van der Waals surface area (Å²) in [4.78, 5) is 14.0. The number of benzene rings is 1. The van der Waals surface area contributed by atoms with Crippen LogP contribution >= 0.6 is 0 Å². The number of amides is 2. The Kier molecular flexibility index (Phi) is 4.98. The van der Waals surface area contributed by atoms with Crippen LogP contribution in [0.5, 0.6) is 0 Å². The standard InChI is InChI=1S/C19H24N6O2/c1-19(2,3)14-11-15(25(5)23-14)20-18(26)24(4)12-16-21-22-17(27-16)13-9-7-6-8-10-13/h6-11H,12H2,1-5H3,(H,20,26). The van der Waals surface area contributed by atoms with Crippen molar-refractivity contribution in [2.24, 2.45) is 7.05 Å². The van der Waals surface area contributed by atoms with Gasteiger partial charge in [0.2, 0.25) is 11.8 Å². The van der Waals surface area contributed by atoms with Crippen molar-refractivity contribution in [1.82, 2.24) is 24.9 Å². The smallest absolute Gasteiger partial charge is 0.323 e. The lowest BCUT2D eigenvalue weighted by Crippen LogP contribution is -2.31. The second-order valence-electron chi connectivity index (χ2n) is 7.44. The first-order chi connectivity index (χ1) is 12.7. The largest absolute Gasteiger partial charge is 0.419 e. The van der Waals surface area contributed by atoms with Gasteiger partial charge in [-0.3, -0.25) is 10.00 Å². The van der Waals surface area contributed by atoms with Gasteiger partial charge in [-0.2, -0.15) is 5.10 Å². The zero-order valence-electron chi connectivity index (χ0n) is 16.2. The molecule has 0 aliphatic heterocycles. The topological polar surface area (TPSA) is 89.1 Å². The molecule has 3 aromatic rings. The predicted octanol–water partition coefficient (Wildman–Crippen LogP) is 3.43. The van der Waals surface area contributed by atoms with Crippen LogP contribution in [0.2, 0.25) is 0 Å². The zero-order valence-corrected chi connectivity index (χ0v) is 16.2. The van der Waals surface area contributed by atoms with Gasteiger partial charge in [-0.05, 0) is 12.1 Å². The van der Waals surface area contributed by atoms with Crippen LogP contribution < -0.4 is 5.32 Å². The number of nitrogens with one attached hydrogen (secondary N) is 1. The summed E-state index contributed by atoms with van der Waals surface area (Å²) in [5.41, 5.74) is 1.66. The summed E-state index contributed by atoms with van der Waals surface area (Å²) < 4.78 is 7.31. The van der Waals surface area contributed by atoms with E-state index < -0.39 is 0 Å². The molecule has 0 saturated carbocycles. The van der Waals surface area contributed by atoms with Crippen LogP contribution in [0.1, 0.15) is 32.4 Å². The summed E-state index contributed by atoms with van der Waals surface area (Å²) >= 11 is 0. The fourth-order valence-electron chi connectivity index (χ4n) is 2.45. The average Bonchev–Trinajstić information content (AvgIpc) is 3.22. The van der Waals surface area contributed by atoms with Gasteiger partial charge in [-0.1, -0.05) is 39.0 Å². The molecule has 27 heavy (non-hydrogen) atoms. The Hall–Kier alpha value is -3.16. The third-order valence-electron chi connectivity index (χ3n) is 4.09. The number of hydrogen-bond donors (Lipinski definition) is 1. The highest BCUT2D eigenvalue weighted by Gasteiger charge is 2.21. The van der Waals surface area contributed by atoms with Crippen LogP contribution in [0.25, 0.3) is 11.5 Å². The second-order valence-corrected chi connectivity index (χ2v) is 7.44. The highest BCUT2D eigenvalue weighted by Crippen LogP contribution is 2.23. The van der Waals surface area contributed by atoms with Crippen LogP contribution in [-0.2, 0) is 19.0 Å². The van der Waals surface area contributed by atoms with Gasteiger partial charge in [0.25, 0.3) is 0 Å². The lowest BCUT2D eigenvalue weighted by atomic mass is 9.92. The van der Waals surface area contributed by atoms with Crippen molar-refractivity contribution in [1.29, 1.82) is 0 Å². The van der Waals surface area contributed by atoms with Crippen LogP contribution in [0.3, 0.4) is 0 Å². The Labute approximate surface area is 158 Å². The number of hydrogen-bond acceptors (Lipinski definition) is 5. The van der Waals surface area contributed by atoms with E-state index in [1.165, 1.54) is 4.90 Å². The Balaban J connectivity index is 1.65. The van der Waals surface area contributed by atoms with E-state index in [1.54, 1.807) is 18.8 Å². The predicted molar refractivity (Wildman–Crippen MR) is 102 cm³/mol. The third-order valence-corrected chi connectivity index (χ3v) is 4.09. The maximum absolute atomic E-state index is 12.5. The van der Waals surface area contributed by atoms with Crippen LogP contribution in [0.4, 0.5) is 10.6 Å². The molecule has 0 fully saturated rings. The van der Waals surface area contributed by atoms with Gasteiger partial charge in [0, 0.05) is 31.1 Å². The molecular formula is C19H24N6O2. The Morgan fingerprint density at radius 2 is 1.93 bits per heavy atom. The maximum Gasteiger partial charge on any atom is 0.323 e. The molecule has 0 saturated heterocycles. The normalized spacial score (nSPS) is 11.4. The van der Waals surface area contributed by atoms with Crippen LogP contribution in [0, 0.1) is 0 Å². The van der Waals surface area contributed by atoms with E-state index in [-0.39, 0.29) is 18.0 Å². The van der Waals surface area contributed by atoms with Gasteiger partial charge in [0.1, 0.15) is 12.4 Å². The molecule has 0 unspecified atom stereocenters. The summed E-state index contributed by atoms with van der Waals surface area (Å²) in [6, 6.07) is 11.1. The highest BCUT2D eigenvalue weighted by atomic mass is 16.4. The van der Waals surface area contributed by atoms with Crippen molar-refractivity contribution in [2.45, 2.75) is 32.7 Å². The summed E-state index contributed by atoms with van der Waals surface area (Å²) in [6.45, 7) is 6.43. The number of carbonyl (C=O) groups is 1. The molecule has 8 nitrogen and oxygen atoms in total. The summed E-state index contributed by atoms with van der Waals surface area (Å²) in [7, 11) is 3.47. The quantitative estimate of drug-likeness (QED) is 0.762. The molecule has 0 bridgehead atoms. The summed E-state index contributed by atoms with van der Waals surface area (Å²) in [6.07, 6.45) is 0. The molecule has 142 valence electrons. The van der Waals surface area contributed by atoms with Crippen molar-refractivity contribution in [3.8, 4) is 11.5 Å². The van der Waals surface area contributed by atoms with Gasteiger partial charge in [0.15, 0.2) is 0 Å². The molecule has 2 amide bonds. The molecule has 0 radical (unpaired) electrons. The van der Waals surface area contributed by atoms with Gasteiger partial charge >= 0.3 is 6.03 Å². The second kappa shape index (κ2) is 7.22. The van der Waals surface area contributed by atoms with Gasteiger partial charge in [0.05, 0.1) is 5.69 Å². The van der Waals surface area contributed by atoms with E-state index in [0.29, 0.717) is 17.6 Å². The first-order valence-corrected chi connectivity index (χ1v) is 8.68. The number of anilines is 1. The SMILES string of the molecule is CN(Cc1nnc(-c2ccccc2)o1)C(=O)Nc1cc(C(C)(C)C)nn1C. The summed E-state index contributed by atoms with van der Waals surface area (Å²) in [5.74, 6) is 1.43. The summed E-state index contributed by atoms with van der Waals surface area (Å²) in [5, 5.41) is 15.4. The van der Waals surface area contributed by atoms with Crippen molar-refractivity contribution in [2.75, 3.05) is 12.4 Å². The Morgan fingerprint density at radius 1 is 1.22 bits per heavy atom. The average molecular weight is 368 g/mol. The highest BCUT2D eigenvalue weighted by molar-refractivity contribution is 5.88. The number of rotatable bonds is 4. The van der Waals surface area contributed by atoms with E-state index >= 15 is 0 Å². The minimum absolute atomic E-state index is 0.0930. The molecule has 2 heterocycles. The lowest BCUT2D eigenvalue weighted by Gasteiger charge is -2.15. The molecule has 3 rings (SSSR count). The molecule has 1 aromatic carbocycles. The number of carbonyl (C=O) groups excluding carboxylic acids is 1. The van der Waals surface area contributed by atoms with E-state index in [2.05, 4.69) is 41.4 Å². The molecule has 8 heteroatoms. The molecule has 1 N–H and O–H groups in total.